The molecule has 1 N–H and O–H groups in total. The zero-order valence-electron chi connectivity index (χ0n) is 13.5. The van der Waals surface area contributed by atoms with Gasteiger partial charge in [0, 0.05) is 55.1 Å². The number of halogens is 1. The number of benzene rings is 1. The number of hydrogen-bond acceptors (Lipinski definition) is 4. The Morgan fingerprint density at radius 1 is 1.04 bits per heavy atom. The Bertz CT molecular complexity index is 709. The zero-order valence-corrected chi connectivity index (χ0v) is 14.4. The fourth-order valence-corrected chi connectivity index (χ4v) is 3.70. The maximum Gasteiger partial charge on any atom is 0.123 e. The van der Waals surface area contributed by atoms with Crippen LogP contribution in [0.4, 0.5) is 4.39 Å². The third-order valence-corrected chi connectivity index (χ3v) is 5.05. The Hall–Kier alpha value is -1.71. The molecule has 3 nitrogen and oxygen atoms in total. The summed E-state index contributed by atoms with van der Waals surface area (Å²) in [5.74, 6) is 5.45. The first-order chi connectivity index (χ1) is 11.7. The monoisotopic (exact) mass is 344 g/mol. The molecule has 0 aliphatic carbocycles. The lowest BCUT2D eigenvalue weighted by Crippen LogP contribution is -2.45. The highest BCUT2D eigenvalue weighted by Crippen LogP contribution is 2.18. The average molecular weight is 344 g/mol. The quantitative estimate of drug-likeness (QED) is 0.864. The minimum atomic E-state index is -0.178. The van der Waals surface area contributed by atoms with Crippen LogP contribution in [0.1, 0.15) is 16.0 Å². The van der Waals surface area contributed by atoms with Crippen LogP contribution in [0.2, 0.25) is 0 Å². The summed E-state index contributed by atoms with van der Waals surface area (Å²) in [4.78, 5) is 6.18. The van der Waals surface area contributed by atoms with Gasteiger partial charge in [-0.05, 0) is 23.8 Å². The molecule has 0 radical (unpaired) electrons. The van der Waals surface area contributed by atoms with Gasteiger partial charge in [0.25, 0.3) is 0 Å². The molecule has 1 fully saturated rings. The van der Waals surface area contributed by atoms with Gasteiger partial charge in [-0.2, -0.15) is 0 Å². The molecule has 0 unspecified atom stereocenters. The number of aliphatic hydroxyl groups excluding tert-OH is 1. The van der Waals surface area contributed by atoms with Crippen LogP contribution in [0, 0.1) is 17.7 Å². The number of piperazine rings is 1. The topological polar surface area (TPSA) is 26.7 Å². The van der Waals surface area contributed by atoms with E-state index in [-0.39, 0.29) is 12.4 Å². The van der Waals surface area contributed by atoms with Gasteiger partial charge >= 0.3 is 0 Å². The molecule has 0 atom stereocenters. The fourth-order valence-electron chi connectivity index (χ4n) is 2.84. The highest BCUT2D eigenvalue weighted by atomic mass is 32.1. The van der Waals surface area contributed by atoms with Crippen LogP contribution in [0.5, 0.6) is 0 Å². The Morgan fingerprint density at radius 3 is 2.38 bits per heavy atom. The smallest absolute Gasteiger partial charge is 0.123 e. The van der Waals surface area contributed by atoms with Gasteiger partial charge < -0.3 is 5.11 Å². The van der Waals surface area contributed by atoms with E-state index < -0.39 is 0 Å². The van der Waals surface area contributed by atoms with Gasteiger partial charge in [0.15, 0.2) is 0 Å². The van der Waals surface area contributed by atoms with Crippen molar-refractivity contribution in [2.45, 2.75) is 13.1 Å². The molecule has 0 bridgehead atoms. The Balaban J connectivity index is 1.46. The van der Waals surface area contributed by atoms with Crippen molar-refractivity contribution in [3.8, 4) is 11.8 Å². The molecule has 5 heteroatoms. The van der Waals surface area contributed by atoms with Gasteiger partial charge in [0.1, 0.15) is 12.4 Å². The normalized spacial score (nSPS) is 15.9. The van der Waals surface area contributed by atoms with Crippen LogP contribution in [0.3, 0.4) is 0 Å². The van der Waals surface area contributed by atoms with Gasteiger partial charge in [-0.1, -0.05) is 24.0 Å². The largest absolute Gasteiger partial charge is 0.384 e. The predicted octanol–water partition coefficient (Wildman–Crippen LogP) is 2.55. The maximum absolute atomic E-state index is 13.0. The molecular weight excluding hydrogens is 323 g/mol. The first kappa shape index (κ1) is 17.1. The molecule has 1 aromatic heterocycles. The summed E-state index contributed by atoms with van der Waals surface area (Å²) in [5, 5.41) is 10.8. The number of hydrogen-bond donors (Lipinski definition) is 1. The van der Waals surface area contributed by atoms with Crippen LogP contribution >= 0.6 is 11.3 Å². The molecule has 1 aromatic carbocycles. The minimum absolute atomic E-state index is 0.0960. The molecule has 0 spiro atoms. The van der Waals surface area contributed by atoms with E-state index in [1.807, 2.05) is 17.5 Å². The van der Waals surface area contributed by atoms with Crippen LogP contribution in [-0.2, 0) is 13.1 Å². The summed E-state index contributed by atoms with van der Waals surface area (Å²) in [5.41, 5.74) is 2.15. The lowest BCUT2D eigenvalue weighted by atomic mass is 10.2. The van der Waals surface area contributed by atoms with E-state index in [0.717, 1.165) is 50.4 Å². The van der Waals surface area contributed by atoms with E-state index in [0.29, 0.717) is 0 Å². The molecule has 1 saturated heterocycles. The van der Waals surface area contributed by atoms with Crippen molar-refractivity contribution < 1.29 is 9.50 Å². The van der Waals surface area contributed by atoms with Crippen LogP contribution in [-0.4, -0.2) is 47.7 Å². The molecule has 2 aromatic rings. The summed E-state index contributed by atoms with van der Waals surface area (Å²) in [7, 11) is 0. The second-order valence-corrected chi connectivity index (χ2v) is 6.94. The Labute approximate surface area is 146 Å². The lowest BCUT2D eigenvalue weighted by Gasteiger charge is -2.34. The highest BCUT2D eigenvalue weighted by molar-refractivity contribution is 7.10. The summed E-state index contributed by atoms with van der Waals surface area (Å²) in [6, 6.07) is 8.89. The van der Waals surface area contributed by atoms with Crippen LogP contribution in [0.25, 0.3) is 0 Å². The summed E-state index contributed by atoms with van der Waals surface area (Å²) in [6.07, 6.45) is 0. The third kappa shape index (κ3) is 4.89. The molecule has 2 heterocycles. The molecule has 1 aliphatic rings. The Morgan fingerprint density at radius 2 is 1.71 bits per heavy atom. The van der Waals surface area contributed by atoms with Crippen molar-refractivity contribution in [2.75, 3.05) is 32.8 Å². The zero-order chi connectivity index (χ0) is 16.8. The summed E-state index contributed by atoms with van der Waals surface area (Å²) in [6.45, 7) is 5.87. The van der Waals surface area contributed by atoms with Gasteiger partial charge in [-0.25, -0.2) is 4.39 Å². The van der Waals surface area contributed by atoms with Crippen molar-refractivity contribution in [1.82, 2.24) is 9.80 Å². The highest BCUT2D eigenvalue weighted by Gasteiger charge is 2.17. The standard InChI is InChI=1S/C19H21FN2OS/c20-18-5-3-16(4-6-18)13-21-7-9-22(10-8-21)14-19-12-17(15-24-19)2-1-11-23/h3-6,12,15,23H,7-11,13-14H2. The van der Waals surface area contributed by atoms with Gasteiger partial charge in [-0.15, -0.1) is 11.3 Å². The third-order valence-electron chi connectivity index (χ3n) is 4.13. The van der Waals surface area contributed by atoms with E-state index in [9.17, 15) is 4.39 Å². The van der Waals surface area contributed by atoms with E-state index in [2.05, 4.69) is 27.7 Å². The van der Waals surface area contributed by atoms with E-state index in [4.69, 9.17) is 5.11 Å². The molecule has 0 amide bonds. The predicted molar refractivity (Wildman–Crippen MR) is 95.2 cm³/mol. The van der Waals surface area contributed by atoms with Gasteiger partial charge in [-0.3, -0.25) is 9.80 Å². The second-order valence-electron chi connectivity index (χ2n) is 5.94. The molecule has 3 rings (SSSR count). The van der Waals surface area contributed by atoms with Gasteiger partial charge in [0.05, 0.1) is 0 Å². The van der Waals surface area contributed by atoms with Crippen LogP contribution in [0.15, 0.2) is 35.7 Å². The molecule has 24 heavy (non-hydrogen) atoms. The lowest BCUT2D eigenvalue weighted by molar-refractivity contribution is 0.123. The van der Waals surface area contributed by atoms with E-state index >= 15 is 0 Å². The number of thiophene rings is 1. The molecule has 0 saturated carbocycles. The number of nitrogens with zero attached hydrogens (tertiary/aromatic N) is 2. The summed E-state index contributed by atoms with van der Waals surface area (Å²) < 4.78 is 13.0. The SMILES string of the molecule is OCC#Cc1csc(CN2CCN(Cc3ccc(F)cc3)CC2)c1. The second kappa shape index (κ2) is 8.41. The van der Waals surface area contributed by atoms with Crippen molar-refractivity contribution in [3.05, 3.63) is 57.5 Å². The summed E-state index contributed by atoms with van der Waals surface area (Å²) >= 11 is 1.72. The maximum atomic E-state index is 13.0. The Kier molecular flexibility index (Phi) is 6.00. The molecule has 126 valence electrons. The fraction of sp³-hybridized carbons (Fsp3) is 0.368. The van der Waals surface area contributed by atoms with Crippen LogP contribution < -0.4 is 0 Å². The van der Waals surface area contributed by atoms with Crippen molar-refractivity contribution in [2.24, 2.45) is 0 Å². The first-order valence-electron chi connectivity index (χ1n) is 8.09. The van der Waals surface area contributed by atoms with E-state index in [1.165, 1.54) is 17.0 Å². The van der Waals surface area contributed by atoms with Crippen molar-refractivity contribution >= 4 is 11.3 Å². The molecule has 1 aliphatic heterocycles. The van der Waals surface area contributed by atoms with Gasteiger partial charge in [0.2, 0.25) is 0 Å². The first-order valence-corrected chi connectivity index (χ1v) is 8.97. The number of rotatable bonds is 4. The minimum Gasteiger partial charge on any atom is -0.384 e. The average Bonchev–Trinajstić information content (AvgIpc) is 3.04. The van der Waals surface area contributed by atoms with Crippen molar-refractivity contribution in [1.29, 1.82) is 0 Å². The molecular formula is C19H21FN2OS. The van der Waals surface area contributed by atoms with Crippen molar-refractivity contribution in [3.63, 3.8) is 0 Å². The number of aliphatic hydroxyl groups is 1. The van der Waals surface area contributed by atoms with E-state index in [1.54, 1.807) is 11.3 Å².